The molecule has 1 amide bonds. The van der Waals surface area contributed by atoms with Gasteiger partial charge in [0.25, 0.3) is 0 Å². The van der Waals surface area contributed by atoms with E-state index < -0.39 is 0 Å². The number of fused-ring (bicyclic) bond motifs is 1. The van der Waals surface area contributed by atoms with Gasteiger partial charge in [-0.15, -0.1) is 11.3 Å². The SMILES string of the molecule is O=C(OCc1cncs1)N1CCC(CCOc2cccc3cnccc23)CC1. The van der Waals surface area contributed by atoms with Gasteiger partial charge in [0.2, 0.25) is 0 Å². The zero-order valence-corrected chi connectivity index (χ0v) is 16.4. The van der Waals surface area contributed by atoms with Crippen molar-refractivity contribution in [2.24, 2.45) is 5.92 Å². The Hall–Kier alpha value is -2.67. The first-order valence-corrected chi connectivity index (χ1v) is 10.4. The summed E-state index contributed by atoms with van der Waals surface area (Å²) in [6.07, 6.45) is 8.11. The number of thiazole rings is 1. The van der Waals surface area contributed by atoms with Crippen molar-refractivity contribution in [3.63, 3.8) is 0 Å². The number of rotatable bonds is 6. The van der Waals surface area contributed by atoms with Crippen molar-refractivity contribution < 1.29 is 14.3 Å². The highest BCUT2D eigenvalue weighted by Crippen LogP contribution is 2.26. The average Bonchev–Trinajstić information content (AvgIpc) is 3.26. The molecule has 6 nitrogen and oxygen atoms in total. The monoisotopic (exact) mass is 397 g/mol. The van der Waals surface area contributed by atoms with E-state index in [0.29, 0.717) is 19.1 Å². The Balaban J connectivity index is 1.20. The smallest absolute Gasteiger partial charge is 0.410 e. The van der Waals surface area contributed by atoms with Crippen LogP contribution in [0.2, 0.25) is 0 Å². The molecular formula is C21H23N3O3S. The molecule has 1 fully saturated rings. The van der Waals surface area contributed by atoms with Crippen LogP contribution in [0.3, 0.4) is 0 Å². The van der Waals surface area contributed by atoms with Crippen molar-refractivity contribution in [2.75, 3.05) is 19.7 Å². The summed E-state index contributed by atoms with van der Waals surface area (Å²) < 4.78 is 11.4. The van der Waals surface area contributed by atoms with Crippen LogP contribution in [-0.2, 0) is 11.3 Å². The molecule has 146 valence electrons. The fourth-order valence-corrected chi connectivity index (χ4v) is 4.00. The van der Waals surface area contributed by atoms with E-state index in [0.717, 1.165) is 53.8 Å². The minimum atomic E-state index is -0.229. The Morgan fingerprint density at radius 2 is 2.07 bits per heavy atom. The van der Waals surface area contributed by atoms with Crippen LogP contribution in [0.5, 0.6) is 5.75 Å². The van der Waals surface area contributed by atoms with Crippen LogP contribution in [0.1, 0.15) is 24.1 Å². The Morgan fingerprint density at radius 3 is 2.89 bits per heavy atom. The van der Waals surface area contributed by atoms with Gasteiger partial charge < -0.3 is 14.4 Å². The van der Waals surface area contributed by atoms with E-state index in [1.54, 1.807) is 22.8 Å². The van der Waals surface area contributed by atoms with Crippen LogP contribution in [0, 0.1) is 5.92 Å². The summed E-state index contributed by atoms with van der Waals surface area (Å²) in [6, 6.07) is 8.03. The Bertz CT molecular complexity index is 903. The summed E-state index contributed by atoms with van der Waals surface area (Å²) >= 11 is 1.50. The van der Waals surface area contributed by atoms with Gasteiger partial charge in [0.15, 0.2) is 0 Å². The molecule has 0 N–H and O–H groups in total. The molecule has 3 heterocycles. The normalized spacial score (nSPS) is 14.9. The standard InChI is InChI=1S/C21H23N3O3S/c25-21(27-14-18-13-23-15-28-18)24-9-5-16(6-10-24)7-11-26-20-3-1-2-17-12-22-8-4-19(17)20/h1-4,8,12-13,15-16H,5-7,9-11,14H2. The highest BCUT2D eigenvalue weighted by atomic mass is 32.1. The zero-order chi connectivity index (χ0) is 19.2. The largest absolute Gasteiger partial charge is 0.493 e. The van der Waals surface area contributed by atoms with Crippen LogP contribution in [0.25, 0.3) is 10.8 Å². The third kappa shape index (κ3) is 4.59. The van der Waals surface area contributed by atoms with Gasteiger partial charge in [-0.2, -0.15) is 0 Å². The van der Waals surface area contributed by atoms with E-state index in [2.05, 4.69) is 9.97 Å². The third-order valence-electron chi connectivity index (χ3n) is 5.12. The number of carbonyl (C=O) groups is 1. The topological polar surface area (TPSA) is 64.5 Å². The minimum Gasteiger partial charge on any atom is -0.493 e. The highest BCUT2D eigenvalue weighted by Gasteiger charge is 2.23. The maximum atomic E-state index is 12.2. The first kappa shape index (κ1) is 18.7. The lowest BCUT2D eigenvalue weighted by molar-refractivity contribution is 0.0807. The summed E-state index contributed by atoms with van der Waals surface area (Å²) in [5, 5.41) is 2.18. The maximum absolute atomic E-state index is 12.2. The molecule has 0 bridgehead atoms. The number of ether oxygens (including phenoxy) is 2. The van der Waals surface area contributed by atoms with Gasteiger partial charge in [0.05, 0.1) is 17.0 Å². The lowest BCUT2D eigenvalue weighted by atomic mass is 9.94. The number of aromatic nitrogens is 2. The number of amides is 1. The lowest BCUT2D eigenvalue weighted by Crippen LogP contribution is -2.39. The molecular weight excluding hydrogens is 374 g/mol. The molecule has 2 aromatic heterocycles. The molecule has 0 spiro atoms. The predicted octanol–water partition coefficient (Wildman–Crippen LogP) is 4.51. The second-order valence-corrected chi connectivity index (χ2v) is 7.91. The van der Waals surface area contributed by atoms with Crippen molar-refractivity contribution >= 4 is 28.2 Å². The first-order valence-electron chi connectivity index (χ1n) is 9.54. The molecule has 7 heteroatoms. The Kier molecular flexibility index (Phi) is 6.01. The van der Waals surface area contributed by atoms with Crippen molar-refractivity contribution in [1.82, 2.24) is 14.9 Å². The molecule has 0 atom stereocenters. The van der Waals surface area contributed by atoms with Crippen molar-refractivity contribution in [1.29, 1.82) is 0 Å². The maximum Gasteiger partial charge on any atom is 0.410 e. The van der Waals surface area contributed by atoms with Gasteiger partial charge in [0.1, 0.15) is 12.4 Å². The van der Waals surface area contributed by atoms with Crippen LogP contribution < -0.4 is 4.74 Å². The van der Waals surface area contributed by atoms with E-state index in [-0.39, 0.29) is 6.09 Å². The number of benzene rings is 1. The molecule has 0 saturated carbocycles. The van der Waals surface area contributed by atoms with Crippen LogP contribution in [0.4, 0.5) is 4.79 Å². The predicted molar refractivity (Wildman–Crippen MR) is 108 cm³/mol. The van der Waals surface area contributed by atoms with E-state index in [9.17, 15) is 4.79 Å². The molecule has 1 aliphatic rings. The van der Waals surface area contributed by atoms with Gasteiger partial charge >= 0.3 is 6.09 Å². The van der Waals surface area contributed by atoms with E-state index in [4.69, 9.17) is 9.47 Å². The summed E-state index contributed by atoms with van der Waals surface area (Å²) in [5.41, 5.74) is 1.74. The number of hydrogen-bond donors (Lipinski definition) is 0. The van der Waals surface area contributed by atoms with Crippen molar-refractivity contribution in [3.8, 4) is 5.75 Å². The molecule has 1 aromatic carbocycles. The van der Waals surface area contributed by atoms with Gasteiger partial charge in [-0.3, -0.25) is 9.97 Å². The van der Waals surface area contributed by atoms with Gasteiger partial charge in [0, 0.05) is 42.5 Å². The summed E-state index contributed by atoms with van der Waals surface area (Å²) in [5.74, 6) is 1.48. The van der Waals surface area contributed by atoms with E-state index >= 15 is 0 Å². The van der Waals surface area contributed by atoms with Crippen molar-refractivity contribution in [2.45, 2.75) is 25.9 Å². The number of likely N-dealkylation sites (tertiary alicyclic amines) is 1. The van der Waals surface area contributed by atoms with E-state index in [1.807, 2.05) is 30.5 Å². The Labute approximate surface area is 168 Å². The second-order valence-electron chi connectivity index (χ2n) is 6.94. The number of pyridine rings is 1. The molecule has 0 aliphatic carbocycles. The number of nitrogens with zero attached hydrogens (tertiary/aromatic N) is 3. The molecule has 28 heavy (non-hydrogen) atoms. The minimum absolute atomic E-state index is 0.229. The summed E-state index contributed by atoms with van der Waals surface area (Å²) in [6.45, 7) is 2.47. The summed E-state index contributed by atoms with van der Waals surface area (Å²) in [7, 11) is 0. The zero-order valence-electron chi connectivity index (χ0n) is 15.6. The highest BCUT2D eigenvalue weighted by molar-refractivity contribution is 7.09. The third-order valence-corrected chi connectivity index (χ3v) is 5.87. The molecule has 1 saturated heterocycles. The van der Waals surface area contributed by atoms with Gasteiger partial charge in [-0.25, -0.2) is 4.79 Å². The molecule has 0 unspecified atom stereocenters. The quantitative estimate of drug-likeness (QED) is 0.612. The summed E-state index contributed by atoms with van der Waals surface area (Å²) in [4.78, 5) is 23.1. The van der Waals surface area contributed by atoms with Crippen molar-refractivity contribution in [3.05, 3.63) is 53.2 Å². The molecule has 1 aliphatic heterocycles. The average molecular weight is 398 g/mol. The molecule has 4 rings (SSSR count). The van der Waals surface area contributed by atoms with Gasteiger partial charge in [-0.1, -0.05) is 12.1 Å². The lowest BCUT2D eigenvalue weighted by Gasteiger charge is -2.31. The molecule has 3 aromatic rings. The Morgan fingerprint density at radius 1 is 1.18 bits per heavy atom. The molecule has 0 radical (unpaired) electrons. The van der Waals surface area contributed by atoms with Crippen LogP contribution >= 0.6 is 11.3 Å². The number of hydrogen-bond acceptors (Lipinski definition) is 6. The van der Waals surface area contributed by atoms with Crippen LogP contribution in [-0.4, -0.2) is 40.7 Å². The van der Waals surface area contributed by atoms with E-state index in [1.165, 1.54) is 11.3 Å². The van der Waals surface area contributed by atoms with Gasteiger partial charge in [-0.05, 0) is 37.3 Å². The number of piperidine rings is 1. The second kappa shape index (κ2) is 9.01. The first-order chi connectivity index (χ1) is 13.8. The van der Waals surface area contributed by atoms with Crippen LogP contribution in [0.15, 0.2) is 48.4 Å². The fourth-order valence-electron chi connectivity index (χ4n) is 3.50. The number of carbonyl (C=O) groups excluding carboxylic acids is 1. The fraction of sp³-hybridized carbons (Fsp3) is 0.381.